The predicted molar refractivity (Wildman–Crippen MR) is 133 cm³/mol. The summed E-state index contributed by atoms with van der Waals surface area (Å²) in [4.78, 5) is 25.8. The monoisotopic (exact) mass is 503 g/mol. The average Bonchev–Trinajstić information content (AvgIpc) is 3.41. The third-order valence-corrected chi connectivity index (χ3v) is 6.47. The van der Waals surface area contributed by atoms with E-state index in [4.69, 9.17) is 9.56 Å². The van der Waals surface area contributed by atoms with Gasteiger partial charge in [0.15, 0.2) is 0 Å². The second-order valence-electron chi connectivity index (χ2n) is 7.83. The summed E-state index contributed by atoms with van der Waals surface area (Å²) in [5.74, 6) is -0.151. The van der Waals surface area contributed by atoms with E-state index in [-0.39, 0.29) is 21.9 Å². The second-order valence-corrected chi connectivity index (χ2v) is 9.39. The Kier molecular flexibility index (Phi) is 6.48. The van der Waals surface area contributed by atoms with Gasteiger partial charge in [0, 0.05) is 18.7 Å². The number of benzene rings is 2. The van der Waals surface area contributed by atoms with Gasteiger partial charge in [-0.05, 0) is 55.5 Å². The minimum atomic E-state index is -3.82. The molecule has 10 nitrogen and oxygen atoms in total. The highest BCUT2D eigenvalue weighted by Gasteiger charge is 2.20. The van der Waals surface area contributed by atoms with Crippen molar-refractivity contribution in [3.8, 4) is 23.1 Å². The van der Waals surface area contributed by atoms with E-state index in [2.05, 4.69) is 5.32 Å². The van der Waals surface area contributed by atoms with E-state index in [1.165, 1.54) is 35.0 Å². The van der Waals surface area contributed by atoms with Gasteiger partial charge in [0.25, 0.3) is 11.5 Å². The summed E-state index contributed by atoms with van der Waals surface area (Å²) in [6.45, 7) is 1.69. The van der Waals surface area contributed by atoms with Gasteiger partial charge in [-0.1, -0.05) is 18.2 Å². The largest absolute Gasteiger partial charge is 0.457 e. The quantitative estimate of drug-likeness (QED) is 0.305. The normalized spacial score (nSPS) is 11.8. The molecule has 2 aromatic heterocycles. The number of hydrogen-bond acceptors (Lipinski definition) is 6. The molecule has 0 aliphatic rings. The van der Waals surface area contributed by atoms with E-state index in [0.717, 1.165) is 0 Å². The summed E-state index contributed by atoms with van der Waals surface area (Å²) in [6, 6.07) is 19.7. The Balaban J connectivity index is 1.59. The summed E-state index contributed by atoms with van der Waals surface area (Å²) in [6.07, 6.45) is 1.26. The fourth-order valence-corrected chi connectivity index (χ4v) is 4.09. The predicted octanol–water partition coefficient (Wildman–Crippen LogP) is 2.94. The minimum Gasteiger partial charge on any atom is -0.457 e. The molecule has 0 unspecified atom stereocenters. The van der Waals surface area contributed by atoms with Crippen LogP contribution in [0.1, 0.15) is 11.5 Å². The van der Waals surface area contributed by atoms with Crippen molar-refractivity contribution in [1.29, 1.82) is 5.26 Å². The van der Waals surface area contributed by atoms with E-state index in [9.17, 15) is 23.3 Å². The van der Waals surface area contributed by atoms with Crippen molar-refractivity contribution >= 4 is 27.7 Å². The molecule has 1 amide bonds. The summed E-state index contributed by atoms with van der Waals surface area (Å²) < 4.78 is 31.6. The maximum Gasteiger partial charge on any atom is 0.295 e. The minimum absolute atomic E-state index is 0.0381. The highest BCUT2D eigenvalue weighted by molar-refractivity contribution is 7.89. The average molecular weight is 504 g/mol. The molecule has 0 saturated carbocycles. The van der Waals surface area contributed by atoms with Gasteiger partial charge in [-0.15, -0.1) is 0 Å². The molecule has 0 fully saturated rings. The van der Waals surface area contributed by atoms with Gasteiger partial charge in [0.1, 0.15) is 28.9 Å². The summed E-state index contributed by atoms with van der Waals surface area (Å²) in [5, 5.41) is 17.2. The zero-order chi connectivity index (χ0) is 26.0. The van der Waals surface area contributed by atoms with Crippen LogP contribution in [0.4, 0.5) is 5.69 Å². The van der Waals surface area contributed by atoms with E-state index in [1.54, 1.807) is 55.1 Å². The van der Waals surface area contributed by atoms with Gasteiger partial charge in [0.05, 0.1) is 16.3 Å². The van der Waals surface area contributed by atoms with Crippen LogP contribution < -0.4 is 16.0 Å². The van der Waals surface area contributed by atoms with Gasteiger partial charge in [-0.2, -0.15) is 5.26 Å². The Bertz CT molecular complexity index is 1690. The lowest BCUT2D eigenvalue weighted by Gasteiger charge is -2.07. The number of aromatic nitrogens is 2. The first-order valence-corrected chi connectivity index (χ1v) is 12.1. The number of para-hydroxylation sites is 1. The maximum absolute atomic E-state index is 13.0. The van der Waals surface area contributed by atoms with Crippen molar-refractivity contribution < 1.29 is 17.6 Å². The van der Waals surface area contributed by atoms with Crippen molar-refractivity contribution in [2.45, 2.75) is 11.8 Å². The van der Waals surface area contributed by atoms with E-state index < -0.39 is 21.5 Å². The molecule has 36 heavy (non-hydrogen) atoms. The topological polar surface area (TPSA) is 153 Å². The number of furan rings is 1. The molecule has 0 bridgehead atoms. The standard InChI is InChI=1S/C25H21N5O5S/c1-16-23(25(32)30(29(16)2)19-6-4-3-5-7-19)28-24(31)18(15-26)14-20-10-13-22(35-20)17-8-11-21(12-9-17)36(27,33)34/h3-14H,1-2H3,(H,28,31)(H2,27,33,34)/b18-14-. The summed E-state index contributed by atoms with van der Waals surface area (Å²) in [7, 11) is -2.13. The van der Waals surface area contributed by atoms with Crippen molar-refractivity contribution in [3.63, 3.8) is 0 Å². The van der Waals surface area contributed by atoms with Gasteiger partial charge >= 0.3 is 0 Å². The van der Waals surface area contributed by atoms with E-state index in [0.29, 0.717) is 22.7 Å². The number of hydrogen-bond donors (Lipinski definition) is 2. The van der Waals surface area contributed by atoms with Crippen LogP contribution in [0.15, 0.2) is 86.4 Å². The molecule has 4 rings (SSSR count). The molecular weight excluding hydrogens is 482 g/mol. The number of rotatable bonds is 6. The van der Waals surface area contributed by atoms with Gasteiger partial charge < -0.3 is 9.73 Å². The number of nitriles is 1. The van der Waals surface area contributed by atoms with Gasteiger partial charge in [-0.3, -0.25) is 14.3 Å². The van der Waals surface area contributed by atoms with Gasteiger partial charge in [0.2, 0.25) is 10.0 Å². The second kappa shape index (κ2) is 9.53. The molecule has 2 aromatic carbocycles. The molecule has 11 heteroatoms. The van der Waals surface area contributed by atoms with Crippen molar-refractivity contribution in [2.24, 2.45) is 12.2 Å². The summed E-state index contributed by atoms with van der Waals surface area (Å²) in [5.41, 5.74) is 1.07. The van der Waals surface area contributed by atoms with Gasteiger partial charge in [-0.25, -0.2) is 18.2 Å². The number of carbonyl (C=O) groups excluding carboxylic acids is 1. The number of primary sulfonamides is 1. The smallest absolute Gasteiger partial charge is 0.295 e. The molecular formula is C25H21N5O5S. The van der Waals surface area contributed by atoms with Crippen LogP contribution in [-0.4, -0.2) is 23.7 Å². The van der Waals surface area contributed by atoms with Crippen molar-refractivity contribution in [2.75, 3.05) is 5.32 Å². The number of nitrogens with zero attached hydrogens (tertiary/aromatic N) is 3. The summed E-state index contributed by atoms with van der Waals surface area (Å²) >= 11 is 0. The number of nitrogens with one attached hydrogen (secondary N) is 1. The molecule has 0 spiro atoms. The number of sulfonamides is 1. The Hall–Kier alpha value is -4.66. The van der Waals surface area contributed by atoms with Crippen LogP contribution in [0.3, 0.4) is 0 Å². The zero-order valence-electron chi connectivity index (χ0n) is 19.3. The number of carbonyl (C=O) groups is 1. The molecule has 2 heterocycles. The molecule has 0 radical (unpaired) electrons. The lowest BCUT2D eigenvalue weighted by atomic mass is 10.2. The van der Waals surface area contributed by atoms with E-state index >= 15 is 0 Å². The Morgan fingerprint density at radius 2 is 1.75 bits per heavy atom. The molecule has 0 aliphatic carbocycles. The number of nitrogens with two attached hydrogens (primary N) is 1. The Morgan fingerprint density at radius 3 is 2.36 bits per heavy atom. The molecule has 182 valence electrons. The van der Waals surface area contributed by atoms with Crippen LogP contribution in [-0.2, 0) is 21.9 Å². The van der Waals surface area contributed by atoms with Crippen LogP contribution >= 0.6 is 0 Å². The number of anilines is 1. The van der Waals surface area contributed by atoms with Crippen LogP contribution in [0, 0.1) is 18.3 Å². The van der Waals surface area contributed by atoms with Crippen molar-refractivity contribution in [1.82, 2.24) is 9.36 Å². The first-order chi connectivity index (χ1) is 17.1. The number of amides is 1. The Labute approximate surface area is 206 Å². The third kappa shape index (κ3) is 4.76. The molecule has 3 N–H and O–H groups in total. The maximum atomic E-state index is 13.0. The molecule has 0 saturated heterocycles. The Morgan fingerprint density at radius 1 is 1.08 bits per heavy atom. The third-order valence-electron chi connectivity index (χ3n) is 5.54. The molecule has 0 aliphatic heterocycles. The highest BCUT2D eigenvalue weighted by Crippen LogP contribution is 2.25. The fraction of sp³-hybridized carbons (Fsp3) is 0.0800. The molecule has 0 atom stereocenters. The van der Waals surface area contributed by atoms with Crippen molar-refractivity contribution in [3.05, 3.63) is 94.1 Å². The highest BCUT2D eigenvalue weighted by atomic mass is 32.2. The van der Waals surface area contributed by atoms with Crippen LogP contribution in [0.25, 0.3) is 23.1 Å². The fourth-order valence-electron chi connectivity index (χ4n) is 3.58. The van der Waals surface area contributed by atoms with Crippen LogP contribution in [0.5, 0.6) is 0 Å². The first-order valence-electron chi connectivity index (χ1n) is 10.6. The lowest BCUT2D eigenvalue weighted by molar-refractivity contribution is -0.112. The van der Waals surface area contributed by atoms with Crippen LogP contribution in [0.2, 0.25) is 0 Å². The lowest BCUT2D eigenvalue weighted by Crippen LogP contribution is -2.23. The van der Waals surface area contributed by atoms with E-state index in [1.807, 2.05) is 12.1 Å². The SMILES string of the molecule is Cc1c(NC(=O)/C(C#N)=C\c2ccc(-c3ccc(S(N)(=O)=O)cc3)o2)c(=O)n(-c2ccccc2)n1C. The zero-order valence-corrected chi connectivity index (χ0v) is 20.1. The molecule has 4 aromatic rings. The first kappa shape index (κ1) is 24.5.